The molecule has 0 spiro atoms. The highest BCUT2D eigenvalue weighted by Crippen LogP contribution is 1.98. The van der Waals surface area contributed by atoms with Gasteiger partial charge in [-0.25, -0.2) is 28.1 Å². The fourth-order valence-corrected chi connectivity index (χ4v) is 2.14. The maximum Gasteiger partial charge on any atom is 0.336 e. The lowest BCUT2D eigenvalue weighted by Crippen LogP contribution is -2.55. The van der Waals surface area contributed by atoms with Crippen molar-refractivity contribution in [3.8, 4) is 0 Å². The first-order valence-corrected chi connectivity index (χ1v) is 7.13. The van der Waals surface area contributed by atoms with E-state index in [1.165, 1.54) is 9.13 Å². The van der Waals surface area contributed by atoms with Crippen molar-refractivity contribution < 1.29 is 0 Å². The molecule has 0 aliphatic rings. The van der Waals surface area contributed by atoms with E-state index in [1.54, 1.807) is 13.8 Å². The lowest BCUT2D eigenvalue weighted by atomic mass is 10.2. The first kappa shape index (κ1) is 16.5. The second kappa shape index (κ2) is 6.24. The van der Waals surface area contributed by atoms with Crippen LogP contribution >= 0.6 is 0 Å². The molecule has 0 fully saturated rings. The maximum atomic E-state index is 12.4. The molecule has 0 N–H and O–H groups in total. The molecule has 0 unspecified atom stereocenters. The van der Waals surface area contributed by atoms with Crippen LogP contribution in [0.3, 0.4) is 0 Å². The Kier molecular flexibility index (Phi) is 5.14. The lowest BCUT2D eigenvalue weighted by molar-refractivity contribution is 0.370. The van der Waals surface area contributed by atoms with Crippen LogP contribution in [0.5, 0.6) is 0 Å². The molecule has 0 saturated carbocycles. The minimum absolute atomic E-state index is 0.158. The van der Waals surface area contributed by atoms with Crippen LogP contribution in [0.4, 0.5) is 0 Å². The predicted molar refractivity (Wildman–Crippen MR) is 79.3 cm³/mol. The zero-order valence-corrected chi connectivity index (χ0v) is 13.2. The van der Waals surface area contributed by atoms with Crippen molar-refractivity contribution >= 4 is 0 Å². The zero-order chi connectivity index (χ0) is 15.6. The Labute approximate surface area is 118 Å². The molecule has 1 heterocycles. The quantitative estimate of drug-likeness (QED) is 0.811. The third-order valence-corrected chi connectivity index (χ3v) is 2.95. The average molecular weight is 283 g/mol. The van der Waals surface area contributed by atoms with Gasteiger partial charge in [0.25, 0.3) is 0 Å². The molecular weight excluding hydrogens is 258 g/mol. The summed E-state index contributed by atoms with van der Waals surface area (Å²) in [6.45, 7) is 11.9. The SMILES string of the molecule is CC(C)Cn1c(=O)n(CC(C)C)c(=O)n(C(C)C)c1=O. The zero-order valence-electron chi connectivity index (χ0n) is 13.2. The molecule has 1 aromatic heterocycles. The topological polar surface area (TPSA) is 66.0 Å². The highest BCUT2D eigenvalue weighted by atomic mass is 16.2. The Morgan fingerprint density at radius 3 is 1.30 bits per heavy atom. The molecular formula is C14H25N3O3. The van der Waals surface area contributed by atoms with Crippen LogP contribution in [0.2, 0.25) is 0 Å². The highest BCUT2D eigenvalue weighted by Gasteiger charge is 2.18. The Bertz CT molecular complexity index is 584. The number of aromatic nitrogens is 3. The van der Waals surface area contributed by atoms with Gasteiger partial charge >= 0.3 is 17.1 Å². The van der Waals surface area contributed by atoms with Crippen molar-refractivity contribution in [1.29, 1.82) is 0 Å². The monoisotopic (exact) mass is 283 g/mol. The molecule has 0 aromatic carbocycles. The average Bonchev–Trinajstić information content (AvgIpc) is 2.29. The molecule has 1 rings (SSSR count). The first-order chi connectivity index (χ1) is 9.16. The molecule has 1 aromatic rings. The van der Waals surface area contributed by atoms with E-state index in [9.17, 15) is 14.4 Å². The fraction of sp³-hybridized carbons (Fsp3) is 0.786. The molecule has 6 nitrogen and oxygen atoms in total. The van der Waals surface area contributed by atoms with Gasteiger partial charge in [0.1, 0.15) is 0 Å². The van der Waals surface area contributed by atoms with Crippen LogP contribution in [0.15, 0.2) is 14.4 Å². The van der Waals surface area contributed by atoms with Crippen molar-refractivity contribution in [2.75, 3.05) is 0 Å². The van der Waals surface area contributed by atoms with Crippen molar-refractivity contribution in [2.24, 2.45) is 11.8 Å². The van der Waals surface area contributed by atoms with Gasteiger partial charge in [0, 0.05) is 19.1 Å². The lowest BCUT2D eigenvalue weighted by Gasteiger charge is -2.17. The summed E-state index contributed by atoms with van der Waals surface area (Å²) in [5.41, 5.74) is -1.52. The van der Waals surface area contributed by atoms with E-state index in [4.69, 9.17) is 0 Å². The van der Waals surface area contributed by atoms with Crippen molar-refractivity contribution in [3.63, 3.8) is 0 Å². The first-order valence-electron chi connectivity index (χ1n) is 7.13. The normalized spacial score (nSPS) is 11.8. The second-order valence-corrected chi connectivity index (χ2v) is 6.32. The summed E-state index contributed by atoms with van der Waals surface area (Å²) in [5.74, 6) is 0.317. The van der Waals surface area contributed by atoms with E-state index >= 15 is 0 Å². The van der Waals surface area contributed by atoms with Crippen molar-refractivity contribution in [3.05, 3.63) is 31.5 Å². The van der Waals surface area contributed by atoms with Gasteiger partial charge in [-0.2, -0.15) is 0 Å². The number of hydrogen-bond donors (Lipinski definition) is 0. The van der Waals surface area contributed by atoms with E-state index in [0.29, 0.717) is 13.1 Å². The van der Waals surface area contributed by atoms with Gasteiger partial charge in [0.15, 0.2) is 0 Å². The molecule has 0 radical (unpaired) electrons. The summed E-state index contributed by atoms with van der Waals surface area (Å²) >= 11 is 0. The summed E-state index contributed by atoms with van der Waals surface area (Å²) < 4.78 is 3.51. The molecule has 0 saturated heterocycles. The molecule has 0 bridgehead atoms. The Hall–Kier alpha value is -1.59. The van der Waals surface area contributed by atoms with E-state index in [-0.39, 0.29) is 17.9 Å². The Morgan fingerprint density at radius 1 is 0.700 bits per heavy atom. The van der Waals surface area contributed by atoms with Crippen LogP contribution in [0.1, 0.15) is 47.6 Å². The van der Waals surface area contributed by atoms with Gasteiger partial charge in [0.2, 0.25) is 0 Å². The summed E-state index contributed by atoms with van der Waals surface area (Å²) in [7, 11) is 0. The van der Waals surface area contributed by atoms with E-state index in [2.05, 4.69) is 0 Å². The van der Waals surface area contributed by atoms with E-state index < -0.39 is 17.1 Å². The Balaban J connectivity index is 3.70. The van der Waals surface area contributed by atoms with Crippen LogP contribution in [-0.2, 0) is 13.1 Å². The molecule has 114 valence electrons. The van der Waals surface area contributed by atoms with Crippen LogP contribution in [0.25, 0.3) is 0 Å². The number of hydrogen-bond acceptors (Lipinski definition) is 3. The van der Waals surface area contributed by atoms with Crippen molar-refractivity contribution in [1.82, 2.24) is 13.7 Å². The second-order valence-electron chi connectivity index (χ2n) is 6.32. The third-order valence-electron chi connectivity index (χ3n) is 2.95. The van der Waals surface area contributed by atoms with Gasteiger partial charge in [-0.3, -0.25) is 0 Å². The van der Waals surface area contributed by atoms with Gasteiger partial charge < -0.3 is 0 Å². The van der Waals surface area contributed by atoms with E-state index in [1.807, 2.05) is 27.7 Å². The molecule has 0 aliphatic carbocycles. The minimum Gasteiger partial charge on any atom is -0.247 e. The smallest absolute Gasteiger partial charge is 0.247 e. The summed E-state index contributed by atoms with van der Waals surface area (Å²) in [5, 5.41) is 0. The molecule has 20 heavy (non-hydrogen) atoms. The van der Waals surface area contributed by atoms with Gasteiger partial charge in [-0.15, -0.1) is 0 Å². The Morgan fingerprint density at radius 2 is 1.05 bits per heavy atom. The summed E-state index contributed by atoms with van der Waals surface area (Å²) in [4.78, 5) is 37.0. The number of nitrogens with zero attached hydrogens (tertiary/aromatic N) is 3. The van der Waals surface area contributed by atoms with Gasteiger partial charge in [-0.1, -0.05) is 27.7 Å². The molecule has 6 heteroatoms. The molecule has 0 amide bonds. The van der Waals surface area contributed by atoms with E-state index in [0.717, 1.165) is 4.57 Å². The largest absolute Gasteiger partial charge is 0.336 e. The summed E-state index contributed by atoms with van der Waals surface area (Å²) in [6, 6.07) is -0.271. The highest BCUT2D eigenvalue weighted by molar-refractivity contribution is 4.82. The minimum atomic E-state index is -0.510. The van der Waals surface area contributed by atoms with Crippen LogP contribution < -0.4 is 17.1 Å². The fourth-order valence-electron chi connectivity index (χ4n) is 2.14. The molecule has 0 atom stereocenters. The van der Waals surface area contributed by atoms with Crippen molar-refractivity contribution in [2.45, 2.75) is 60.7 Å². The van der Waals surface area contributed by atoms with Crippen LogP contribution in [0, 0.1) is 11.8 Å². The standard InChI is InChI=1S/C14H25N3O3/c1-9(2)7-15-12(18)16(8-10(3)4)14(20)17(11(5)6)13(15)19/h9-11H,7-8H2,1-6H3. The third kappa shape index (κ3) is 3.29. The van der Waals surface area contributed by atoms with Gasteiger partial charge in [-0.05, 0) is 25.7 Å². The summed E-state index contributed by atoms with van der Waals surface area (Å²) in [6.07, 6.45) is 0. The van der Waals surface area contributed by atoms with Gasteiger partial charge in [0.05, 0.1) is 0 Å². The molecule has 0 aliphatic heterocycles. The number of rotatable bonds is 5. The van der Waals surface area contributed by atoms with Crippen LogP contribution in [-0.4, -0.2) is 13.7 Å². The maximum absolute atomic E-state index is 12.4. The predicted octanol–water partition coefficient (Wildman–Crippen LogP) is 1.06.